The third kappa shape index (κ3) is 4.00. The van der Waals surface area contributed by atoms with Gasteiger partial charge in [-0.1, -0.05) is 51.8 Å². The predicted molar refractivity (Wildman–Crippen MR) is 141 cm³/mol. The molecule has 3 aliphatic heterocycles. The monoisotopic (exact) mass is 579 g/mol. The first kappa shape index (κ1) is 26.9. The summed E-state index contributed by atoms with van der Waals surface area (Å²) in [5.74, 6) is -2.61. The molecule has 3 saturated heterocycles. The molecule has 1 spiro atoms. The second-order valence-corrected chi connectivity index (χ2v) is 11.2. The highest BCUT2D eigenvalue weighted by Crippen LogP contribution is 2.60. The number of carbonyl (C=O) groups excluding carboxylic acids is 3. The van der Waals surface area contributed by atoms with E-state index in [1.165, 1.54) is 14.7 Å². The van der Waals surface area contributed by atoms with Gasteiger partial charge >= 0.3 is 0 Å². The molecular formula is C26H31BrClN3O5. The van der Waals surface area contributed by atoms with E-state index in [1.807, 2.05) is 0 Å². The number of nitrogens with zero attached hydrogens (tertiary/aromatic N) is 3. The Labute approximate surface area is 224 Å². The van der Waals surface area contributed by atoms with E-state index in [0.717, 1.165) is 0 Å². The van der Waals surface area contributed by atoms with Crippen LogP contribution in [0.15, 0.2) is 49.6 Å². The van der Waals surface area contributed by atoms with Gasteiger partial charge < -0.3 is 24.5 Å². The fourth-order valence-corrected chi connectivity index (χ4v) is 7.16. The molecule has 3 heterocycles. The molecule has 3 aliphatic rings. The van der Waals surface area contributed by atoms with Gasteiger partial charge in [0, 0.05) is 25.0 Å². The van der Waals surface area contributed by atoms with E-state index in [4.69, 9.17) is 16.3 Å². The number of carbonyl (C=O) groups is 3. The second kappa shape index (κ2) is 10.3. The van der Waals surface area contributed by atoms with Crippen LogP contribution >= 0.6 is 27.5 Å². The number of hydrogen-bond donors (Lipinski definition) is 1. The van der Waals surface area contributed by atoms with Crippen molar-refractivity contribution < 1.29 is 24.2 Å². The van der Waals surface area contributed by atoms with Crippen LogP contribution in [0.4, 0.5) is 5.69 Å². The number of ether oxygens (including phenoxy) is 1. The number of likely N-dealkylation sites (N-methyl/N-ethyl adjacent to an activating group) is 1. The summed E-state index contributed by atoms with van der Waals surface area (Å²) in [5.41, 5.74) is -0.749. The lowest BCUT2D eigenvalue weighted by atomic mass is 9.70. The summed E-state index contributed by atoms with van der Waals surface area (Å²) in [6, 6.07) is 5.24. The molecule has 8 nitrogen and oxygen atoms in total. The van der Waals surface area contributed by atoms with Crippen LogP contribution in [-0.2, 0) is 19.1 Å². The lowest BCUT2D eigenvalue weighted by Crippen LogP contribution is -2.59. The van der Waals surface area contributed by atoms with Gasteiger partial charge in [-0.2, -0.15) is 0 Å². The van der Waals surface area contributed by atoms with E-state index in [0.29, 0.717) is 23.7 Å². The largest absolute Gasteiger partial charge is 0.394 e. The third-order valence-electron chi connectivity index (χ3n) is 7.49. The average Bonchev–Trinajstić information content (AvgIpc) is 3.45. The van der Waals surface area contributed by atoms with Gasteiger partial charge in [0.1, 0.15) is 11.6 Å². The van der Waals surface area contributed by atoms with E-state index in [2.05, 4.69) is 29.1 Å². The maximum atomic E-state index is 14.3. The van der Waals surface area contributed by atoms with Gasteiger partial charge in [0.05, 0.1) is 41.3 Å². The number of fused-ring (bicyclic) bond motifs is 1. The Kier molecular flexibility index (Phi) is 7.67. The number of aliphatic hydroxyl groups is 1. The number of para-hydroxylation sites is 1. The molecule has 1 aromatic carbocycles. The SMILES string of the molecule is C=CCN(C)C(=O)[C@H]1[C@@H]2OC3(CC2Br)C(C(=O)N(CC=C)c2ccccc2Cl)N([C@H](C)CO)C(=O)[C@H]13. The molecule has 0 aromatic heterocycles. The Balaban J connectivity index is 1.83. The van der Waals surface area contributed by atoms with Crippen molar-refractivity contribution in [2.75, 3.05) is 31.6 Å². The van der Waals surface area contributed by atoms with Gasteiger partial charge in [0.15, 0.2) is 0 Å². The lowest BCUT2D eigenvalue weighted by Gasteiger charge is -2.38. The molecule has 0 radical (unpaired) electrons. The van der Waals surface area contributed by atoms with Crippen LogP contribution in [0.3, 0.4) is 0 Å². The summed E-state index contributed by atoms with van der Waals surface area (Å²) in [6.45, 7) is 9.30. The van der Waals surface area contributed by atoms with Crippen molar-refractivity contribution in [3.63, 3.8) is 0 Å². The first-order valence-corrected chi connectivity index (χ1v) is 13.2. The van der Waals surface area contributed by atoms with E-state index in [1.54, 1.807) is 50.4 Å². The number of benzene rings is 1. The fourth-order valence-electron chi connectivity index (χ4n) is 5.98. The van der Waals surface area contributed by atoms with Crippen molar-refractivity contribution in [2.24, 2.45) is 11.8 Å². The van der Waals surface area contributed by atoms with Crippen LogP contribution < -0.4 is 4.90 Å². The van der Waals surface area contributed by atoms with E-state index >= 15 is 0 Å². The zero-order valence-corrected chi connectivity index (χ0v) is 22.7. The zero-order valence-electron chi connectivity index (χ0n) is 20.3. The highest BCUT2D eigenvalue weighted by Gasteiger charge is 2.77. The number of hydrogen-bond acceptors (Lipinski definition) is 5. The Morgan fingerprint density at radius 2 is 1.97 bits per heavy atom. The topological polar surface area (TPSA) is 90.4 Å². The highest BCUT2D eigenvalue weighted by molar-refractivity contribution is 9.09. The standard InChI is InChI=1S/C26H31BrClN3O5/c1-5-11-29(4)23(33)19-20-24(34)31(15(3)14-32)22(26(20)13-16(27)21(19)36-26)25(35)30(12-6-2)18-10-8-7-9-17(18)28/h5-10,15-16,19-22,32H,1-2,11-14H2,3-4H3/t15-,16?,19-,20+,21-,22?,26?/m1/s1. The summed E-state index contributed by atoms with van der Waals surface area (Å²) in [5, 5.41) is 10.4. The maximum absolute atomic E-state index is 14.3. The normalized spacial score (nSPS) is 31.2. The molecule has 3 fully saturated rings. The molecule has 36 heavy (non-hydrogen) atoms. The minimum atomic E-state index is -1.23. The van der Waals surface area contributed by atoms with Crippen molar-refractivity contribution in [1.29, 1.82) is 0 Å². The van der Waals surface area contributed by atoms with E-state index < -0.39 is 41.5 Å². The Bertz CT molecular complexity index is 1090. The summed E-state index contributed by atoms with van der Waals surface area (Å²) in [6.07, 6.45) is 3.02. The van der Waals surface area contributed by atoms with Crippen LogP contribution in [0.5, 0.6) is 0 Å². The van der Waals surface area contributed by atoms with Crippen molar-refractivity contribution in [3.05, 3.63) is 54.6 Å². The van der Waals surface area contributed by atoms with Gasteiger partial charge in [0.25, 0.3) is 5.91 Å². The van der Waals surface area contributed by atoms with Gasteiger partial charge in [-0.15, -0.1) is 13.2 Å². The van der Waals surface area contributed by atoms with Crippen LogP contribution in [0.2, 0.25) is 5.02 Å². The summed E-state index contributed by atoms with van der Waals surface area (Å²) < 4.78 is 6.51. The Hall–Kier alpha value is -2.20. The molecule has 4 rings (SSSR count). The van der Waals surface area contributed by atoms with Gasteiger partial charge in [-0.25, -0.2) is 0 Å². The molecular weight excluding hydrogens is 550 g/mol. The first-order chi connectivity index (χ1) is 17.1. The van der Waals surface area contributed by atoms with Crippen molar-refractivity contribution in [1.82, 2.24) is 9.80 Å². The third-order valence-corrected chi connectivity index (χ3v) is 8.65. The molecule has 0 aliphatic carbocycles. The smallest absolute Gasteiger partial charge is 0.253 e. The average molecular weight is 581 g/mol. The van der Waals surface area contributed by atoms with Gasteiger partial charge in [0.2, 0.25) is 11.8 Å². The summed E-state index contributed by atoms with van der Waals surface area (Å²) >= 11 is 10.1. The number of halogens is 2. The molecule has 2 bridgehead atoms. The van der Waals surface area contributed by atoms with Gasteiger partial charge in [-0.05, 0) is 25.5 Å². The molecule has 7 atom stereocenters. The Morgan fingerprint density at radius 3 is 2.58 bits per heavy atom. The van der Waals surface area contributed by atoms with Crippen LogP contribution in [-0.4, -0.2) is 88.0 Å². The highest BCUT2D eigenvalue weighted by atomic mass is 79.9. The fraction of sp³-hybridized carbons (Fsp3) is 0.500. The quantitative estimate of drug-likeness (QED) is 0.358. The maximum Gasteiger partial charge on any atom is 0.253 e. The number of aliphatic hydroxyl groups excluding tert-OH is 1. The molecule has 3 unspecified atom stereocenters. The number of anilines is 1. The minimum absolute atomic E-state index is 0.154. The van der Waals surface area contributed by atoms with Crippen molar-refractivity contribution in [3.8, 4) is 0 Å². The molecule has 1 N–H and O–H groups in total. The number of likely N-dealkylation sites (tertiary alicyclic amines) is 1. The number of rotatable bonds is 9. The molecule has 194 valence electrons. The molecule has 3 amide bonds. The summed E-state index contributed by atoms with van der Waals surface area (Å²) in [7, 11) is 1.66. The van der Waals surface area contributed by atoms with E-state index in [-0.39, 0.29) is 29.8 Å². The van der Waals surface area contributed by atoms with Crippen LogP contribution in [0.1, 0.15) is 13.3 Å². The van der Waals surface area contributed by atoms with E-state index in [9.17, 15) is 19.5 Å². The number of amides is 3. The predicted octanol–water partition coefficient (Wildman–Crippen LogP) is 2.63. The number of alkyl halides is 1. The zero-order chi connectivity index (χ0) is 26.4. The second-order valence-electron chi connectivity index (χ2n) is 9.64. The van der Waals surface area contributed by atoms with Crippen LogP contribution in [0.25, 0.3) is 0 Å². The molecule has 10 heteroatoms. The first-order valence-electron chi connectivity index (χ1n) is 11.9. The van der Waals surface area contributed by atoms with Crippen molar-refractivity contribution in [2.45, 2.75) is 42.0 Å². The summed E-state index contributed by atoms with van der Waals surface area (Å²) in [4.78, 5) is 46.0. The minimum Gasteiger partial charge on any atom is -0.394 e. The molecule has 1 aromatic rings. The van der Waals surface area contributed by atoms with Gasteiger partial charge in [-0.3, -0.25) is 14.4 Å². The van der Waals surface area contributed by atoms with Crippen molar-refractivity contribution >= 4 is 50.9 Å². The Morgan fingerprint density at radius 1 is 1.31 bits per heavy atom. The molecule has 0 saturated carbocycles. The lowest BCUT2D eigenvalue weighted by molar-refractivity contribution is -0.146. The van der Waals surface area contributed by atoms with Crippen LogP contribution in [0, 0.1) is 11.8 Å².